The van der Waals surface area contributed by atoms with Gasteiger partial charge in [0, 0.05) is 12.1 Å². The lowest BCUT2D eigenvalue weighted by Gasteiger charge is -2.29. The summed E-state index contributed by atoms with van der Waals surface area (Å²) in [4.78, 5) is 0. The molecule has 1 atom stereocenters. The molecule has 0 aliphatic carbocycles. The van der Waals surface area contributed by atoms with Crippen molar-refractivity contribution in [3.63, 3.8) is 0 Å². The predicted molar refractivity (Wildman–Crippen MR) is 105 cm³/mol. The smallest absolute Gasteiger partial charge is 0.124 e. The van der Waals surface area contributed by atoms with E-state index in [0.29, 0.717) is 0 Å². The quantitative estimate of drug-likeness (QED) is 0.749. The third-order valence-corrected chi connectivity index (χ3v) is 5.05. The first-order valence-corrected chi connectivity index (χ1v) is 8.93. The van der Waals surface area contributed by atoms with Gasteiger partial charge in [-0.1, -0.05) is 42.5 Å². The largest absolute Gasteiger partial charge is 0.497 e. The monoisotopic (exact) mass is 345 g/mol. The van der Waals surface area contributed by atoms with Crippen LogP contribution in [-0.4, -0.2) is 20.8 Å². The minimum Gasteiger partial charge on any atom is -0.497 e. The molecule has 4 rings (SSSR count). The molecule has 0 aromatic heterocycles. The fraction of sp³-hybridized carbons (Fsp3) is 0.217. The Hall–Kier alpha value is -2.78. The zero-order valence-electron chi connectivity index (χ0n) is 15.2. The zero-order valence-corrected chi connectivity index (χ0v) is 15.2. The van der Waals surface area contributed by atoms with Crippen molar-refractivity contribution in [2.75, 3.05) is 20.8 Å². The van der Waals surface area contributed by atoms with Crippen LogP contribution < -0.4 is 14.8 Å². The van der Waals surface area contributed by atoms with E-state index in [1.165, 1.54) is 27.8 Å². The van der Waals surface area contributed by atoms with Gasteiger partial charge in [0.25, 0.3) is 0 Å². The first kappa shape index (κ1) is 16.7. The molecule has 0 spiro atoms. The van der Waals surface area contributed by atoms with Crippen LogP contribution in [0.15, 0.2) is 66.7 Å². The van der Waals surface area contributed by atoms with Crippen molar-refractivity contribution in [3.8, 4) is 22.6 Å². The van der Waals surface area contributed by atoms with Crippen LogP contribution in [0.3, 0.4) is 0 Å². The van der Waals surface area contributed by atoms with E-state index in [4.69, 9.17) is 9.47 Å². The predicted octanol–water partition coefficient (Wildman–Crippen LogP) is 4.61. The molecule has 1 heterocycles. The highest BCUT2D eigenvalue weighted by Crippen LogP contribution is 2.37. The molecule has 3 aromatic carbocycles. The summed E-state index contributed by atoms with van der Waals surface area (Å²) in [6.07, 6.45) is 1.00. The van der Waals surface area contributed by atoms with E-state index in [1.807, 2.05) is 12.1 Å². The molecule has 0 radical (unpaired) electrons. The standard InChI is InChI=1S/C23H23NO2/c1-25-19-9-10-20-18(14-19)12-13-24-23(20)21-15-17(8-11-22(21)26-2)16-6-4-3-5-7-16/h3-11,14-15,23-24H,12-13H2,1-2H3. The van der Waals surface area contributed by atoms with Crippen LogP contribution in [0.4, 0.5) is 0 Å². The van der Waals surface area contributed by atoms with E-state index >= 15 is 0 Å². The van der Waals surface area contributed by atoms with Crippen molar-refractivity contribution in [3.05, 3.63) is 83.4 Å². The van der Waals surface area contributed by atoms with Crippen LogP contribution >= 0.6 is 0 Å². The summed E-state index contributed by atoms with van der Waals surface area (Å²) in [5, 5.41) is 3.66. The molecule has 132 valence electrons. The van der Waals surface area contributed by atoms with Gasteiger partial charge >= 0.3 is 0 Å². The van der Waals surface area contributed by atoms with E-state index in [-0.39, 0.29) is 6.04 Å². The van der Waals surface area contributed by atoms with Gasteiger partial charge in [-0.05, 0) is 52.9 Å². The number of hydrogen-bond acceptors (Lipinski definition) is 3. The number of hydrogen-bond donors (Lipinski definition) is 1. The Kier molecular flexibility index (Phi) is 4.63. The molecule has 0 fully saturated rings. The van der Waals surface area contributed by atoms with Crippen LogP contribution in [0, 0.1) is 0 Å². The van der Waals surface area contributed by atoms with Crippen LogP contribution in [0.25, 0.3) is 11.1 Å². The second-order valence-corrected chi connectivity index (χ2v) is 6.52. The summed E-state index contributed by atoms with van der Waals surface area (Å²) in [6, 6.07) is 23.3. The lowest BCUT2D eigenvalue weighted by Crippen LogP contribution is -2.30. The Balaban J connectivity index is 1.81. The van der Waals surface area contributed by atoms with Crippen LogP contribution in [0.1, 0.15) is 22.7 Å². The Morgan fingerprint density at radius 1 is 0.808 bits per heavy atom. The maximum atomic E-state index is 5.68. The first-order chi connectivity index (χ1) is 12.8. The Morgan fingerprint density at radius 2 is 1.65 bits per heavy atom. The fourth-order valence-electron chi connectivity index (χ4n) is 3.72. The summed E-state index contributed by atoms with van der Waals surface area (Å²) >= 11 is 0. The number of methoxy groups -OCH3 is 2. The van der Waals surface area contributed by atoms with Gasteiger partial charge in [-0.15, -0.1) is 0 Å². The van der Waals surface area contributed by atoms with Gasteiger partial charge in [-0.25, -0.2) is 0 Å². The molecular formula is C23H23NO2. The van der Waals surface area contributed by atoms with Crippen molar-refractivity contribution in [2.24, 2.45) is 0 Å². The van der Waals surface area contributed by atoms with Gasteiger partial charge in [-0.2, -0.15) is 0 Å². The van der Waals surface area contributed by atoms with Crippen molar-refractivity contribution in [2.45, 2.75) is 12.5 Å². The Labute approximate surface area is 154 Å². The van der Waals surface area contributed by atoms with Gasteiger partial charge in [0.05, 0.1) is 20.3 Å². The lowest BCUT2D eigenvalue weighted by atomic mass is 9.88. The highest BCUT2D eigenvalue weighted by Gasteiger charge is 2.24. The highest BCUT2D eigenvalue weighted by atomic mass is 16.5. The third kappa shape index (κ3) is 3.06. The summed E-state index contributed by atoms with van der Waals surface area (Å²) in [6.45, 7) is 0.934. The molecule has 0 bridgehead atoms. The van der Waals surface area contributed by atoms with Gasteiger partial charge in [0.15, 0.2) is 0 Å². The number of ether oxygens (including phenoxy) is 2. The maximum absolute atomic E-state index is 5.68. The molecule has 1 aliphatic heterocycles. The van der Waals surface area contributed by atoms with E-state index < -0.39 is 0 Å². The number of benzene rings is 3. The molecule has 26 heavy (non-hydrogen) atoms. The number of nitrogens with one attached hydrogen (secondary N) is 1. The van der Waals surface area contributed by atoms with Crippen molar-refractivity contribution in [1.82, 2.24) is 5.32 Å². The summed E-state index contributed by atoms with van der Waals surface area (Å²) in [5.41, 5.74) is 6.20. The topological polar surface area (TPSA) is 30.5 Å². The Morgan fingerprint density at radius 3 is 2.42 bits per heavy atom. The van der Waals surface area contributed by atoms with E-state index in [2.05, 4.69) is 59.9 Å². The molecule has 0 saturated heterocycles. The van der Waals surface area contributed by atoms with E-state index in [9.17, 15) is 0 Å². The zero-order chi connectivity index (χ0) is 17.9. The van der Waals surface area contributed by atoms with E-state index in [0.717, 1.165) is 24.5 Å². The molecule has 1 unspecified atom stereocenters. The third-order valence-electron chi connectivity index (χ3n) is 5.05. The van der Waals surface area contributed by atoms with Crippen molar-refractivity contribution >= 4 is 0 Å². The molecule has 0 saturated carbocycles. The van der Waals surface area contributed by atoms with Crippen LogP contribution in [0.5, 0.6) is 11.5 Å². The minimum atomic E-state index is 0.114. The second-order valence-electron chi connectivity index (χ2n) is 6.52. The molecule has 3 aromatic rings. The number of rotatable bonds is 4. The average Bonchev–Trinajstić information content (AvgIpc) is 2.73. The van der Waals surface area contributed by atoms with Crippen LogP contribution in [0.2, 0.25) is 0 Å². The van der Waals surface area contributed by atoms with Gasteiger partial charge < -0.3 is 14.8 Å². The molecule has 0 amide bonds. The maximum Gasteiger partial charge on any atom is 0.124 e. The Bertz CT molecular complexity index is 905. The molecular weight excluding hydrogens is 322 g/mol. The van der Waals surface area contributed by atoms with Gasteiger partial charge in [-0.3, -0.25) is 0 Å². The molecule has 1 N–H and O–H groups in total. The SMILES string of the molecule is COc1ccc2c(c1)CCNC2c1cc(-c2ccccc2)ccc1OC. The van der Waals surface area contributed by atoms with E-state index in [1.54, 1.807) is 14.2 Å². The summed E-state index contributed by atoms with van der Waals surface area (Å²) in [7, 11) is 3.45. The normalized spacial score (nSPS) is 16.0. The highest BCUT2D eigenvalue weighted by molar-refractivity contribution is 5.66. The van der Waals surface area contributed by atoms with Gasteiger partial charge in [0.2, 0.25) is 0 Å². The average molecular weight is 345 g/mol. The fourth-order valence-corrected chi connectivity index (χ4v) is 3.72. The van der Waals surface area contributed by atoms with Crippen molar-refractivity contribution in [1.29, 1.82) is 0 Å². The first-order valence-electron chi connectivity index (χ1n) is 8.93. The number of fused-ring (bicyclic) bond motifs is 1. The molecule has 1 aliphatic rings. The molecule has 3 nitrogen and oxygen atoms in total. The van der Waals surface area contributed by atoms with Crippen LogP contribution in [-0.2, 0) is 6.42 Å². The minimum absolute atomic E-state index is 0.114. The van der Waals surface area contributed by atoms with Gasteiger partial charge in [0.1, 0.15) is 11.5 Å². The second kappa shape index (κ2) is 7.22. The summed E-state index contributed by atoms with van der Waals surface area (Å²) in [5.74, 6) is 1.82. The lowest BCUT2D eigenvalue weighted by molar-refractivity contribution is 0.401. The summed E-state index contributed by atoms with van der Waals surface area (Å²) < 4.78 is 11.1. The van der Waals surface area contributed by atoms with Crippen molar-refractivity contribution < 1.29 is 9.47 Å². The molecule has 3 heteroatoms.